The summed E-state index contributed by atoms with van der Waals surface area (Å²) in [4.78, 5) is 8.26. The van der Waals surface area contributed by atoms with Crippen LogP contribution in [0.2, 0.25) is 0 Å². The summed E-state index contributed by atoms with van der Waals surface area (Å²) in [7, 11) is 0. The van der Waals surface area contributed by atoms with Crippen LogP contribution in [0.4, 0.5) is 0 Å². The maximum atomic E-state index is 4.81. The van der Waals surface area contributed by atoms with E-state index in [1.165, 1.54) is 30.4 Å². The normalized spacial score (nSPS) is 11.1. The minimum Gasteiger partial charge on any atom is -0.342 e. The average molecular weight is 264 g/mol. The number of nitrogens with one attached hydrogen (secondary N) is 1. The van der Waals surface area contributed by atoms with Gasteiger partial charge in [-0.25, -0.2) is 4.98 Å². The monoisotopic (exact) mass is 264 g/mol. The molecule has 1 heterocycles. The Morgan fingerprint density at radius 3 is 2.60 bits per heavy atom. The van der Waals surface area contributed by atoms with Gasteiger partial charge >= 0.3 is 0 Å². The van der Waals surface area contributed by atoms with Gasteiger partial charge in [-0.05, 0) is 18.1 Å². The summed E-state index contributed by atoms with van der Waals surface area (Å²) in [6.45, 7) is 2.23. The van der Waals surface area contributed by atoms with Gasteiger partial charge in [0, 0.05) is 12.0 Å². The number of benzene rings is 2. The molecular weight excluding hydrogens is 244 g/mol. The van der Waals surface area contributed by atoms with E-state index in [9.17, 15) is 0 Å². The fourth-order valence-electron chi connectivity index (χ4n) is 2.59. The molecule has 0 saturated carbocycles. The first-order valence-corrected chi connectivity index (χ1v) is 7.41. The van der Waals surface area contributed by atoms with Crippen LogP contribution in [0.5, 0.6) is 0 Å². The Morgan fingerprint density at radius 2 is 1.80 bits per heavy atom. The van der Waals surface area contributed by atoms with Gasteiger partial charge in [0.15, 0.2) is 0 Å². The molecule has 2 nitrogen and oxygen atoms in total. The molecule has 0 spiro atoms. The minimum absolute atomic E-state index is 1.04. The summed E-state index contributed by atoms with van der Waals surface area (Å²) in [5, 5.41) is 0. The van der Waals surface area contributed by atoms with E-state index in [0.717, 1.165) is 23.3 Å². The van der Waals surface area contributed by atoms with E-state index in [2.05, 4.69) is 54.4 Å². The maximum absolute atomic E-state index is 4.81. The molecule has 102 valence electrons. The second-order valence-corrected chi connectivity index (χ2v) is 5.21. The number of rotatable bonds is 5. The van der Waals surface area contributed by atoms with Crippen LogP contribution in [0.25, 0.3) is 22.2 Å². The van der Waals surface area contributed by atoms with Crippen LogP contribution >= 0.6 is 0 Å². The van der Waals surface area contributed by atoms with Gasteiger partial charge in [-0.15, -0.1) is 0 Å². The highest BCUT2D eigenvalue weighted by atomic mass is 14.9. The van der Waals surface area contributed by atoms with Crippen molar-refractivity contribution in [3.8, 4) is 11.1 Å². The molecule has 3 rings (SSSR count). The molecular formula is C18H20N2. The number of aryl methyl sites for hydroxylation is 1. The Kier molecular flexibility index (Phi) is 3.82. The van der Waals surface area contributed by atoms with Gasteiger partial charge in [-0.3, -0.25) is 0 Å². The molecule has 0 bridgehead atoms. The van der Waals surface area contributed by atoms with Crippen LogP contribution in [0, 0.1) is 0 Å². The lowest BCUT2D eigenvalue weighted by atomic mass is 10.0. The number of para-hydroxylation sites is 1. The number of hydrogen-bond donors (Lipinski definition) is 1. The quantitative estimate of drug-likeness (QED) is 0.648. The van der Waals surface area contributed by atoms with Crippen LogP contribution in [0.3, 0.4) is 0 Å². The summed E-state index contributed by atoms with van der Waals surface area (Å²) in [5.74, 6) is 1.11. The molecule has 2 heteroatoms. The first-order valence-electron chi connectivity index (χ1n) is 7.41. The van der Waals surface area contributed by atoms with Crippen molar-refractivity contribution < 1.29 is 0 Å². The topological polar surface area (TPSA) is 28.7 Å². The largest absolute Gasteiger partial charge is 0.342 e. The molecule has 0 atom stereocenters. The third-order valence-electron chi connectivity index (χ3n) is 3.66. The van der Waals surface area contributed by atoms with E-state index < -0.39 is 0 Å². The van der Waals surface area contributed by atoms with E-state index in [-0.39, 0.29) is 0 Å². The van der Waals surface area contributed by atoms with Crippen LogP contribution in [-0.2, 0) is 6.42 Å². The second-order valence-electron chi connectivity index (χ2n) is 5.21. The highest BCUT2D eigenvalue weighted by molar-refractivity contribution is 5.91. The molecule has 0 aliphatic heterocycles. The van der Waals surface area contributed by atoms with Gasteiger partial charge < -0.3 is 4.98 Å². The molecule has 0 aliphatic rings. The fourth-order valence-corrected chi connectivity index (χ4v) is 2.59. The van der Waals surface area contributed by atoms with Crippen molar-refractivity contribution in [3.63, 3.8) is 0 Å². The van der Waals surface area contributed by atoms with Crippen molar-refractivity contribution in [2.75, 3.05) is 0 Å². The average Bonchev–Trinajstić information content (AvgIpc) is 2.91. The molecule has 0 radical (unpaired) electrons. The van der Waals surface area contributed by atoms with E-state index >= 15 is 0 Å². The minimum atomic E-state index is 1.04. The molecule has 0 unspecified atom stereocenters. The van der Waals surface area contributed by atoms with Gasteiger partial charge in [-0.1, -0.05) is 62.2 Å². The number of unbranched alkanes of at least 4 members (excludes halogenated alkanes) is 2. The van der Waals surface area contributed by atoms with E-state index in [4.69, 9.17) is 4.98 Å². The molecule has 0 amide bonds. The van der Waals surface area contributed by atoms with Crippen LogP contribution in [0.1, 0.15) is 32.0 Å². The number of aromatic amines is 1. The number of hydrogen-bond acceptors (Lipinski definition) is 1. The first kappa shape index (κ1) is 12.9. The maximum Gasteiger partial charge on any atom is 0.107 e. The standard InChI is InChI=1S/C18H20N2/c1-2-3-5-13-17-19-16-12-8-11-15(18(16)20-17)14-9-6-4-7-10-14/h4,6-12H,2-3,5,13H2,1H3,(H,19,20). The van der Waals surface area contributed by atoms with Crippen molar-refractivity contribution >= 4 is 11.0 Å². The summed E-state index contributed by atoms with van der Waals surface area (Å²) in [6, 6.07) is 16.8. The summed E-state index contributed by atoms with van der Waals surface area (Å²) >= 11 is 0. The number of fused-ring (bicyclic) bond motifs is 1. The third-order valence-corrected chi connectivity index (χ3v) is 3.66. The lowest BCUT2D eigenvalue weighted by Crippen LogP contribution is -1.87. The number of aromatic nitrogens is 2. The molecule has 0 aliphatic carbocycles. The van der Waals surface area contributed by atoms with Gasteiger partial charge in [-0.2, -0.15) is 0 Å². The molecule has 0 fully saturated rings. The van der Waals surface area contributed by atoms with Crippen LogP contribution in [0.15, 0.2) is 48.5 Å². The molecule has 3 aromatic rings. The molecule has 1 N–H and O–H groups in total. The Balaban J connectivity index is 1.97. The highest BCUT2D eigenvalue weighted by Crippen LogP contribution is 2.27. The highest BCUT2D eigenvalue weighted by Gasteiger charge is 2.08. The molecule has 2 aromatic carbocycles. The Morgan fingerprint density at radius 1 is 0.950 bits per heavy atom. The number of H-pyrrole nitrogens is 1. The van der Waals surface area contributed by atoms with Gasteiger partial charge in [0.25, 0.3) is 0 Å². The predicted molar refractivity (Wildman–Crippen MR) is 84.8 cm³/mol. The van der Waals surface area contributed by atoms with Crippen molar-refractivity contribution in [2.45, 2.75) is 32.6 Å². The van der Waals surface area contributed by atoms with E-state index in [1.54, 1.807) is 0 Å². The zero-order valence-electron chi connectivity index (χ0n) is 11.9. The smallest absolute Gasteiger partial charge is 0.107 e. The Bertz CT molecular complexity index is 683. The molecule has 1 aromatic heterocycles. The number of nitrogens with zero attached hydrogens (tertiary/aromatic N) is 1. The number of imidazole rings is 1. The Hall–Kier alpha value is -2.09. The molecule has 0 saturated heterocycles. The van der Waals surface area contributed by atoms with Crippen LogP contribution in [-0.4, -0.2) is 9.97 Å². The summed E-state index contributed by atoms with van der Waals surface area (Å²) in [6.07, 6.45) is 4.76. The van der Waals surface area contributed by atoms with E-state index in [0.29, 0.717) is 0 Å². The SMILES string of the molecule is CCCCCc1nc2c(-c3ccccc3)cccc2[nH]1. The summed E-state index contributed by atoms with van der Waals surface area (Å²) < 4.78 is 0. The van der Waals surface area contributed by atoms with Gasteiger partial charge in [0.1, 0.15) is 5.82 Å². The van der Waals surface area contributed by atoms with E-state index in [1.807, 2.05) is 6.07 Å². The zero-order valence-corrected chi connectivity index (χ0v) is 11.9. The Labute approximate surface area is 119 Å². The van der Waals surface area contributed by atoms with Crippen molar-refractivity contribution in [2.24, 2.45) is 0 Å². The van der Waals surface area contributed by atoms with Crippen molar-refractivity contribution in [1.29, 1.82) is 0 Å². The predicted octanol–water partition coefficient (Wildman–Crippen LogP) is 4.96. The van der Waals surface area contributed by atoms with Gasteiger partial charge in [0.05, 0.1) is 11.0 Å². The zero-order chi connectivity index (χ0) is 13.8. The lowest BCUT2D eigenvalue weighted by molar-refractivity contribution is 0.700. The molecule has 20 heavy (non-hydrogen) atoms. The lowest BCUT2D eigenvalue weighted by Gasteiger charge is -2.01. The van der Waals surface area contributed by atoms with Gasteiger partial charge in [0.2, 0.25) is 0 Å². The van der Waals surface area contributed by atoms with Crippen LogP contribution < -0.4 is 0 Å². The second kappa shape index (κ2) is 5.91. The third kappa shape index (κ3) is 2.60. The first-order chi connectivity index (χ1) is 9.88. The van der Waals surface area contributed by atoms with Crippen molar-refractivity contribution in [1.82, 2.24) is 9.97 Å². The van der Waals surface area contributed by atoms with Crippen molar-refractivity contribution in [3.05, 3.63) is 54.4 Å². The fraction of sp³-hybridized carbons (Fsp3) is 0.278. The summed E-state index contributed by atoms with van der Waals surface area (Å²) in [5.41, 5.74) is 4.66.